The van der Waals surface area contributed by atoms with E-state index >= 15 is 0 Å². The lowest BCUT2D eigenvalue weighted by molar-refractivity contribution is -0.134. The molecule has 1 aliphatic heterocycles. The topological polar surface area (TPSA) is 55.4 Å². The van der Waals surface area contributed by atoms with Crippen molar-refractivity contribution < 1.29 is 14.3 Å². The van der Waals surface area contributed by atoms with Crippen molar-refractivity contribution >= 4 is 29.7 Å². The second kappa shape index (κ2) is 7.76. The molecule has 1 atom stereocenters. The van der Waals surface area contributed by atoms with E-state index in [-0.39, 0.29) is 5.91 Å². The first-order chi connectivity index (χ1) is 14.0. The van der Waals surface area contributed by atoms with E-state index < -0.39 is 11.6 Å². The van der Waals surface area contributed by atoms with Gasteiger partial charge in [-0.05, 0) is 41.8 Å². The van der Waals surface area contributed by atoms with Gasteiger partial charge in [0.1, 0.15) is 0 Å². The maximum atomic E-state index is 12.8. The van der Waals surface area contributed by atoms with E-state index in [9.17, 15) is 9.59 Å². The zero-order valence-electron chi connectivity index (χ0n) is 16.1. The highest BCUT2D eigenvalue weighted by Crippen LogP contribution is 2.29. The number of anilines is 1. The lowest BCUT2D eigenvalue weighted by atomic mass is 9.89. The third-order valence-electron chi connectivity index (χ3n) is 5.00. The second-order valence-corrected chi connectivity index (χ2v) is 7.27. The average Bonchev–Trinajstić information content (AvgIpc) is 2.74. The molecular weight excluding hydrogens is 362 g/mol. The van der Waals surface area contributed by atoms with Gasteiger partial charge in [-0.25, -0.2) is 4.79 Å². The number of rotatable bonds is 4. The van der Waals surface area contributed by atoms with Crippen molar-refractivity contribution in [1.29, 1.82) is 0 Å². The van der Waals surface area contributed by atoms with Crippen LogP contribution in [-0.4, -0.2) is 17.5 Å². The van der Waals surface area contributed by atoms with Crippen LogP contribution in [0.5, 0.6) is 0 Å². The Kier molecular flexibility index (Phi) is 5.00. The van der Waals surface area contributed by atoms with Gasteiger partial charge in [0.05, 0.1) is 5.56 Å². The maximum absolute atomic E-state index is 12.8. The first-order valence-electron chi connectivity index (χ1n) is 9.49. The zero-order valence-corrected chi connectivity index (χ0v) is 16.1. The lowest BCUT2D eigenvalue weighted by Gasteiger charge is -2.33. The second-order valence-electron chi connectivity index (χ2n) is 7.27. The summed E-state index contributed by atoms with van der Waals surface area (Å²) >= 11 is 0. The Balaban J connectivity index is 1.45. The van der Waals surface area contributed by atoms with Crippen LogP contribution in [0.4, 0.5) is 5.69 Å². The minimum atomic E-state index is -1.24. The molecule has 29 heavy (non-hydrogen) atoms. The predicted molar refractivity (Wildman–Crippen MR) is 114 cm³/mol. The van der Waals surface area contributed by atoms with Gasteiger partial charge >= 0.3 is 5.97 Å². The van der Waals surface area contributed by atoms with Crippen molar-refractivity contribution in [2.24, 2.45) is 0 Å². The van der Waals surface area contributed by atoms with Crippen molar-refractivity contribution in [3.8, 4) is 0 Å². The molecule has 0 aromatic heterocycles. The first-order valence-corrected chi connectivity index (χ1v) is 9.49. The normalized spacial score (nSPS) is 18.2. The Morgan fingerprint density at radius 3 is 2.24 bits per heavy atom. The quantitative estimate of drug-likeness (QED) is 0.511. The fourth-order valence-corrected chi connectivity index (χ4v) is 3.36. The molecular formula is C25H21NO3. The van der Waals surface area contributed by atoms with Crippen molar-refractivity contribution in [3.63, 3.8) is 0 Å². The fourth-order valence-electron chi connectivity index (χ4n) is 3.36. The van der Waals surface area contributed by atoms with Crippen molar-refractivity contribution in [3.05, 3.63) is 101 Å². The minimum absolute atomic E-state index is 0.340. The maximum Gasteiger partial charge on any atom is 0.339 e. The largest absolute Gasteiger partial charge is 0.445 e. The Hall–Kier alpha value is -3.66. The van der Waals surface area contributed by atoms with E-state index in [1.807, 2.05) is 78.9 Å². The summed E-state index contributed by atoms with van der Waals surface area (Å²) in [6.45, 7) is 1.65. The number of fused-ring (bicyclic) bond motifs is 1. The number of amides is 1. The summed E-state index contributed by atoms with van der Waals surface area (Å²) in [6, 6.07) is 24.8. The van der Waals surface area contributed by atoms with E-state index in [2.05, 4.69) is 5.32 Å². The van der Waals surface area contributed by atoms with Gasteiger partial charge in [-0.3, -0.25) is 4.79 Å². The van der Waals surface area contributed by atoms with Crippen LogP contribution in [0.3, 0.4) is 0 Å². The Bertz CT molecular complexity index is 1070. The molecule has 1 aliphatic rings. The molecule has 3 aromatic carbocycles. The van der Waals surface area contributed by atoms with Gasteiger partial charge in [0.15, 0.2) is 5.60 Å². The van der Waals surface area contributed by atoms with E-state index in [1.165, 1.54) is 0 Å². The average molecular weight is 383 g/mol. The third kappa shape index (κ3) is 4.11. The molecule has 0 aliphatic carbocycles. The third-order valence-corrected chi connectivity index (χ3v) is 5.00. The highest BCUT2D eigenvalue weighted by atomic mass is 16.6. The molecule has 0 radical (unpaired) electrons. The molecule has 4 nitrogen and oxygen atoms in total. The van der Waals surface area contributed by atoms with E-state index in [0.29, 0.717) is 17.7 Å². The summed E-state index contributed by atoms with van der Waals surface area (Å²) in [5.74, 6) is -0.807. The van der Waals surface area contributed by atoms with E-state index in [4.69, 9.17) is 4.74 Å². The molecule has 1 heterocycles. The summed E-state index contributed by atoms with van der Waals surface area (Å²) in [6.07, 6.45) is 4.40. The predicted octanol–water partition coefficient (Wildman–Crippen LogP) is 4.97. The van der Waals surface area contributed by atoms with Crippen LogP contribution in [0.2, 0.25) is 0 Å². The number of cyclic esters (lactones) is 1. The van der Waals surface area contributed by atoms with Gasteiger partial charge in [0.25, 0.3) is 5.91 Å². The van der Waals surface area contributed by atoms with Crippen molar-refractivity contribution in [2.45, 2.75) is 18.9 Å². The van der Waals surface area contributed by atoms with Crippen LogP contribution >= 0.6 is 0 Å². The van der Waals surface area contributed by atoms with Crippen molar-refractivity contribution in [1.82, 2.24) is 0 Å². The summed E-state index contributed by atoms with van der Waals surface area (Å²) in [5, 5.41) is 2.86. The van der Waals surface area contributed by atoms with Crippen LogP contribution in [0.25, 0.3) is 12.2 Å². The summed E-state index contributed by atoms with van der Waals surface area (Å²) in [5.41, 5.74) is 2.91. The fraction of sp³-hybridized carbons (Fsp3) is 0.120. The molecule has 0 bridgehead atoms. The number of nitrogens with one attached hydrogen (secondary N) is 1. The molecule has 4 rings (SSSR count). The number of esters is 1. The number of hydrogen-bond acceptors (Lipinski definition) is 3. The highest BCUT2D eigenvalue weighted by molar-refractivity contribution is 6.02. The standard InChI is InChI=1S/C25H21NO3/c1-25(17-20-9-5-6-10-22(20)23(27)29-25)24(28)26-21-15-13-19(14-16-21)12-11-18-7-3-2-4-8-18/h2-16H,17H2,1H3,(H,26,28). The number of carbonyl (C=O) groups is 2. The minimum Gasteiger partial charge on any atom is -0.445 e. The van der Waals surface area contributed by atoms with Gasteiger partial charge in [-0.2, -0.15) is 0 Å². The molecule has 0 saturated carbocycles. The van der Waals surface area contributed by atoms with Crippen LogP contribution in [0.1, 0.15) is 34.0 Å². The van der Waals surface area contributed by atoms with Crippen LogP contribution in [-0.2, 0) is 16.0 Å². The lowest BCUT2D eigenvalue weighted by Crippen LogP contribution is -2.48. The molecule has 0 fully saturated rings. The van der Waals surface area contributed by atoms with Gasteiger partial charge in [-0.15, -0.1) is 0 Å². The van der Waals surface area contributed by atoms with Gasteiger partial charge in [0.2, 0.25) is 0 Å². The monoisotopic (exact) mass is 383 g/mol. The van der Waals surface area contributed by atoms with E-state index in [0.717, 1.165) is 16.7 Å². The van der Waals surface area contributed by atoms with Gasteiger partial charge in [-0.1, -0.05) is 72.8 Å². The van der Waals surface area contributed by atoms with Crippen molar-refractivity contribution in [2.75, 3.05) is 5.32 Å². The molecule has 1 amide bonds. The number of benzene rings is 3. The SMILES string of the molecule is CC1(C(=O)Nc2ccc(C=Cc3ccccc3)cc2)Cc2ccccc2C(=O)O1. The first kappa shape index (κ1) is 18.7. The summed E-state index contributed by atoms with van der Waals surface area (Å²) in [7, 11) is 0. The molecule has 0 saturated heterocycles. The Morgan fingerprint density at radius 1 is 0.897 bits per heavy atom. The van der Waals surface area contributed by atoms with Crippen LogP contribution in [0.15, 0.2) is 78.9 Å². The highest BCUT2D eigenvalue weighted by Gasteiger charge is 2.42. The zero-order chi connectivity index (χ0) is 20.3. The van der Waals surface area contributed by atoms with E-state index in [1.54, 1.807) is 19.1 Å². The van der Waals surface area contributed by atoms with Crippen LogP contribution in [0, 0.1) is 0 Å². The number of ether oxygens (including phenoxy) is 1. The smallest absolute Gasteiger partial charge is 0.339 e. The Labute approximate surface area is 169 Å². The molecule has 1 N–H and O–H groups in total. The van der Waals surface area contributed by atoms with Gasteiger partial charge in [0, 0.05) is 12.1 Å². The summed E-state index contributed by atoms with van der Waals surface area (Å²) in [4.78, 5) is 25.1. The molecule has 144 valence electrons. The molecule has 4 heteroatoms. The molecule has 0 spiro atoms. The molecule has 1 unspecified atom stereocenters. The van der Waals surface area contributed by atoms with Crippen LogP contribution < -0.4 is 5.32 Å². The van der Waals surface area contributed by atoms with Gasteiger partial charge < -0.3 is 10.1 Å². The number of hydrogen-bond donors (Lipinski definition) is 1. The Morgan fingerprint density at radius 2 is 1.52 bits per heavy atom. The number of carbonyl (C=O) groups excluding carboxylic acids is 2. The summed E-state index contributed by atoms with van der Waals surface area (Å²) < 4.78 is 5.48. The molecule has 3 aromatic rings.